The summed E-state index contributed by atoms with van der Waals surface area (Å²) < 4.78 is 11.4. The number of benzene rings is 4. The van der Waals surface area contributed by atoms with Gasteiger partial charge in [0.25, 0.3) is 0 Å². The Labute approximate surface area is 217 Å². The van der Waals surface area contributed by atoms with Crippen molar-refractivity contribution in [2.75, 3.05) is 6.61 Å². The Hall–Kier alpha value is -4.61. The van der Waals surface area contributed by atoms with Gasteiger partial charge in [0.05, 0.1) is 6.61 Å². The van der Waals surface area contributed by atoms with Crippen molar-refractivity contribution in [1.29, 1.82) is 0 Å². The van der Waals surface area contributed by atoms with Gasteiger partial charge < -0.3 is 19.7 Å². The van der Waals surface area contributed by atoms with E-state index < -0.39 is 5.97 Å². The fraction of sp³-hybridized carbons (Fsp3) is 0.0938. The molecule has 0 fully saturated rings. The first-order chi connectivity index (χ1) is 18.1. The first-order valence-electron chi connectivity index (χ1n) is 11.8. The fourth-order valence-corrected chi connectivity index (χ4v) is 3.25. The fourth-order valence-electron chi connectivity index (χ4n) is 3.25. The molecule has 0 aliphatic rings. The number of carboxylic acid groups (broad SMARTS) is 1. The van der Waals surface area contributed by atoms with Crippen molar-refractivity contribution in [1.82, 2.24) is 0 Å². The number of hydrogen-bond donors (Lipinski definition) is 2. The molecule has 0 radical (unpaired) electrons. The van der Waals surface area contributed by atoms with Crippen LogP contribution < -0.4 is 9.47 Å². The highest BCUT2D eigenvalue weighted by molar-refractivity contribution is 5.85. The molecule has 0 aliphatic carbocycles. The Morgan fingerprint density at radius 1 is 0.649 bits per heavy atom. The maximum Gasteiger partial charge on any atom is 0.328 e. The lowest BCUT2D eigenvalue weighted by Gasteiger charge is -2.06. The lowest BCUT2D eigenvalue weighted by atomic mass is 10.2. The van der Waals surface area contributed by atoms with E-state index in [1.165, 1.54) is 6.08 Å². The lowest BCUT2D eigenvalue weighted by molar-refractivity contribution is -0.131. The van der Waals surface area contributed by atoms with Crippen molar-refractivity contribution in [2.45, 2.75) is 13.2 Å². The third-order valence-corrected chi connectivity index (χ3v) is 5.05. The van der Waals surface area contributed by atoms with Crippen LogP contribution in [-0.2, 0) is 18.0 Å². The van der Waals surface area contributed by atoms with Crippen LogP contribution in [0.15, 0.2) is 121 Å². The van der Waals surface area contributed by atoms with Crippen LogP contribution in [-0.4, -0.2) is 22.8 Å². The highest BCUT2D eigenvalue weighted by atomic mass is 16.5. The van der Waals surface area contributed by atoms with Crippen LogP contribution in [0.3, 0.4) is 0 Å². The van der Waals surface area contributed by atoms with Gasteiger partial charge in [0.1, 0.15) is 24.7 Å². The van der Waals surface area contributed by atoms with Crippen LogP contribution in [0.25, 0.3) is 12.2 Å². The van der Waals surface area contributed by atoms with Crippen molar-refractivity contribution in [3.63, 3.8) is 0 Å². The Morgan fingerprint density at radius 3 is 1.59 bits per heavy atom. The minimum absolute atomic E-state index is 0.0507. The zero-order chi connectivity index (χ0) is 26.1. The van der Waals surface area contributed by atoms with Gasteiger partial charge in [-0.25, -0.2) is 4.79 Å². The van der Waals surface area contributed by atoms with Gasteiger partial charge in [-0.3, -0.25) is 0 Å². The average molecular weight is 495 g/mol. The summed E-state index contributed by atoms with van der Waals surface area (Å²) in [6.45, 7) is 1.11. The summed E-state index contributed by atoms with van der Waals surface area (Å²) in [7, 11) is 0. The number of aliphatic hydroxyl groups excluding tert-OH is 1. The molecule has 37 heavy (non-hydrogen) atoms. The summed E-state index contributed by atoms with van der Waals surface area (Å²) in [4.78, 5) is 10.5. The van der Waals surface area contributed by atoms with E-state index >= 15 is 0 Å². The van der Waals surface area contributed by atoms with Gasteiger partial charge in [0, 0.05) is 6.08 Å². The van der Waals surface area contributed by atoms with E-state index in [1.54, 1.807) is 6.08 Å². The normalized spacial score (nSPS) is 10.6. The summed E-state index contributed by atoms with van der Waals surface area (Å²) in [6.07, 6.45) is 6.22. The molecule has 2 N–H and O–H groups in total. The predicted octanol–water partition coefficient (Wildman–Crippen LogP) is 6.63. The van der Waals surface area contributed by atoms with Crippen LogP contribution in [0, 0.1) is 0 Å². The molecule has 0 aliphatic heterocycles. The van der Waals surface area contributed by atoms with Gasteiger partial charge in [-0.2, -0.15) is 0 Å². The summed E-state index contributed by atoms with van der Waals surface area (Å²) >= 11 is 0. The highest BCUT2D eigenvalue weighted by Gasteiger charge is 1.98. The standard InChI is InChI=1S/C16H14O3.C16H16O2/c17-16(18)10-9-13-7-4-8-15(11-13)19-12-14-5-2-1-3-6-14;17-11-5-9-14-8-4-10-16(12-14)18-13-15-6-2-1-3-7-15/h1-11H,12H2,(H,17,18);1-10,12,17H,11,13H2/b10-9+;9-5+. The molecule has 0 bridgehead atoms. The molecule has 4 rings (SSSR count). The molecule has 0 unspecified atom stereocenters. The summed E-state index contributed by atoms with van der Waals surface area (Å²) in [5, 5.41) is 17.3. The number of ether oxygens (including phenoxy) is 2. The average Bonchev–Trinajstić information content (AvgIpc) is 2.95. The van der Waals surface area contributed by atoms with Gasteiger partial charge in [-0.1, -0.05) is 97.1 Å². The summed E-state index contributed by atoms with van der Waals surface area (Å²) in [5.41, 5.74) is 4.06. The molecule has 0 heterocycles. The minimum Gasteiger partial charge on any atom is -0.489 e. The van der Waals surface area contributed by atoms with Crippen molar-refractivity contribution in [2.24, 2.45) is 0 Å². The molecular formula is C32H30O5. The van der Waals surface area contributed by atoms with Crippen LogP contribution in [0.1, 0.15) is 22.3 Å². The van der Waals surface area contributed by atoms with Crippen molar-refractivity contribution in [3.05, 3.63) is 144 Å². The SMILES string of the molecule is O=C(O)/C=C/c1cccc(OCc2ccccc2)c1.OC/C=C/c1cccc(OCc2ccccc2)c1. The van der Waals surface area contributed by atoms with E-state index in [9.17, 15) is 4.79 Å². The summed E-state index contributed by atoms with van der Waals surface area (Å²) in [6, 6.07) is 35.1. The molecule has 4 aromatic carbocycles. The minimum atomic E-state index is -0.962. The zero-order valence-electron chi connectivity index (χ0n) is 20.4. The van der Waals surface area contributed by atoms with Crippen LogP contribution in [0.4, 0.5) is 0 Å². The van der Waals surface area contributed by atoms with Crippen molar-refractivity contribution in [3.8, 4) is 11.5 Å². The van der Waals surface area contributed by atoms with Crippen LogP contribution in [0.2, 0.25) is 0 Å². The molecule has 0 saturated heterocycles. The maximum atomic E-state index is 10.5. The van der Waals surface area contributed by atoms with Gasteiger partial charge >= 0.3 is 5.97 Å². The van der Waals surface area contributed by atoms with Crippen LogP contribution in [0.5, 0.6) is 11.5 Å². The Balaban J connectivity index is 0.000000206. The van der Waals surface area contributed by atoms with E-state index in [-0.39, 0.29) is 6.61 Å². The monoisotopic (exact) mass is 494 g/mol. The van der Waals surface area contributed by atoms with Gasteiger partial charge in [0.15, 0.2) is 0 Å². The first-order valence-corrected chi connectivity index (χ1v) is 11.8. The Morgan fingerprint density at radius 2 is 1.14 bits per heavy atom. The number of carboxylic acids is 1. The molecule has 5 heteroatoms. The second-order valence-corrected chi connectivity index (χ2v) is 7.95. The van der Waals surface area contributed by atoms with E-state index in [1.807, 2.05) is 115 Å². The third-order valence-electron chi connectivity index (χ3n) is 5.05. The number of aliphatic hydroxyl groups is 1. The van der Waals surface area contributed by atoms with Gasteiger partial charge in [0.2, 0.25) is 0 Å². The Kier molecular flexibility index (Phi) is 11.2. The molecule has 0 amide bonds. The molecule has 0 aromatic heterocycles. The second kappa shape index (κ2) is 15.4. The molecule has 188 valence electrons. The Bertz CT molecular complexity index is 1280. The highest BCUT2D eigenvalue weighted by Crippen LogP contribution is 2.17. The van der Waals surface area contributed by atoms with Crippen LogP contribution >= 0.6 is 0 Å². The predicted molar refractivity (Wildman–Crippen MR) is 147 cm³/mol. The quantitative estimate of drug-likeness (QED) is 0.242. The van der Waals surface area contributed by atoms with Gasteiger partial charge in [-0.15, -0.1) is 0 Å². The number of hydrogen-bond acceptors (Lipinski definition) is 4. The number of rotatable bonds is 10. The maximum absolute atomic E-state index is 10.5. The second-order valence-electron chi connectivity index (χ2n) is 7.95. The molecule has 5 nitrogen and oxygen atoms in total. The largest absolute Gasteiger partial charge is 0.489 e. The van der Waals surface area contributed by atoms with E-state index in [2.05, 4.69) is 0 Å². The third kappa shape index (κ3) is 10.7. The van der Waals surface area contributed by atoms with Crippen molar-refractivity contribution < 1.29 is 24.5 Å². The number of carbonyl (C=O) groups is 1. The lowest BCUT2D eigenvalue weighted by Crippen LogP contribution is -1.95. The molecule has 0 saturated carbocycles. The topological polar surface area (TPSA) is 76.0 Å². The molecule has 0 atom stereocenters. The summed E-state index contributed by atoms with van der Waals surface area (Å²) in [5.74, 6) is 0.589. The number of aliphatic carboxylic acids is 1. The van der Waals surface area contributed by atoms with E-state index in [0.29, 0.717) is 13.2 Å². The molecule has 0 spiro atoms. The van der Waals surface area contributed by atoms with E-state index in [0.717, 1.165) is 39.8 Å². The first kappa shape index (κ1) is 27.0. The van der Waals surface area contributed by atoms with Gasteiger partial charge in [-0.05, 0) is 52.6 Å². The smallest absolute Gasteiger partial charge is 0.328 e. The van der Waals surface area contributed by atoms with Crippen molar-refractivity contribution >= 4 is 18.1 Å². The zero-order valence-corrected chi connectivity index (χ0v) is 20.4. The molecular weight excluding hydrogens is 464 g/mol. The molecule has 4 aromatic rings. The van der Waals surface area contributed by atoms with E-state index in [4.69, 9.17) is 19.7 Å².